The molecule has 0 saturated carbocycles. The Labute approximate surface area is 223 Å². The molecule has 1 saturated heterocycles. The van der Waals surface area contributed by atoms with Crippen molar-refractivity contribution in [1.82, 2.24) is 10.2 Å². The number of carboxylic acids is 1. The number of nitrogens with one attached hydrogen (secondary N) is 1. The number of ketones is 1. The van der Waals surface area contributed by atoms with E-state index >= 15 is 0 Å². The Hall–Kier alpha value is -4.25. The Balaban J connectivity index is 1.91. The highest BCUT2D eigenvalue weighted by Gasteiger charge is 2.58. The molecule has 1 fully saturated rings. The third-order valence-corrected chi connectivity index (χ3v) is 7.65. The molecule has 198 valence electrons. The Morgan fingerprint density at radius 2 is 1.79 bits per heavy atom. The van der Waals surface area contributed by atoms with E-state index in [1.807, 2.05) is 6.92 Å². The van der Waals surface area contributed by atoms with E-state index in [9.17, 15) is 29.6 Å². The fourth-order valence-electron chi connectivity index (χ4n) is 4.99. The van der Waals surface area contributed by atoms with Crippen molar-refractivity contribution in [3.63, 3.8) is 0 Å². The highest BCUT2D eigenvalue weighted by molar-refractivity contribution is 7.10. The van der Waals surface area contributed by atoms with E-state index < -0.39 is 46.6 Å². The van der Waals surface area contributed by atoms with Gasteiger partial charge in [0.1, 0.15) is 11.8 Å². The maximum Gasteiger partial charge on any atom is 0.327 e. The van der Waals surface area contributed by atoms with E-state index in [1.165, 1.54) is 47.6 Å². The minimum atomic E-state index is -1.33. The van der Waals surface area contributed by atoms with Crippen molar-refractivity contribution in [1.29, 1.82) is 0 Å². The first-order chi connectivity index (χ1) is 18.3. The lowest BCUT2D eigenvalue weighted by atomic mass is 9.78. The van der Waals surface area contributed by atoms with Gasteiger partial charge < -0.3 is 20.1 Å². The molecule has 2 heterocycles. The molecular formula is C27H27N3O7S. The van der Waals surface area contributed by atoms with Crippen molar-refractivity contribution in [2.45, 2.75) is 31.3 Å². The second kappa shape index (κ2) is 11.4. The molecule has 10 nitrogen and oxygen atoms in total. The molecule has 0 spiro atoms. The zero-order valence-electron chi connectivity index (χ0n) is 20.8. The van der Waals surface area contributed by atoms with Gasteiger partial charge in [0, 0.05) is 35.0 Å². The minimum absolute atomic E-state index is 0.168. The summed E-state index contributed by atoms with van der Waals surface area (Å²) in [6, 6.07) is 12.7. The van der Waals surface area contributed by atoms with Gasteiger partial charge in [0.25, 0.3) is 5.69 Å². The number of likely N-dealkylation sites (tertiary alicyclic amines) is 1. The largest absolute Gasteiger partial charge is 0.497 e. The number of nitro groups is 1. The van der Waals surface area contributed by atoms with E-state index in [0.717, 1.165) is 0 Å². The molecule has 11 heteroatoms. The normalized spacial score (nSPS) is 20.6. The predicted octanol–water partition coefficient (Wildman–Crippen LogP) is 4.88. The summed E-state index contributed by atoms with van der Waals surface area (Å²) >= 11 is 1.32. The van der Waals surface area contributed by atoms with Crippen molar-refractivity contribution in [2.24, 2.45) is 5.92 Å². The van der Waals surface area contributed by atoms with Crippen LogP contribution >= 0.6 is 11.3 Å². The number of amides is 2. The molecule has 2 aromatic carbocycles. The first kappa shape index (κ1) is 26.8. The summed E-state index contributed by atoms with van der Waals surface area (Å²) in [4.78, 5) is 52.9. The highest BCUT2D eigenvalue weighted by Crippen LogP contribution is 2.52. The third-order valence-electron chi connectivity index (χ3n) is 6.67. The summed E-state index contributed by atoms with van der Waals surface area (Å²) in [5.41, 5.74) is 0.599. The van der Waals surface area contributed by atoms with Crippen LogP contribution in [0.2, 0.25) is 0 Å². The lowest BCUT2D eigenvalue weighted by molar-refractivity contribution is -0.384. The number of non-ortho nitro benzene ring substituents is 1. The second-order valence-electron chi connectivity index (χ2n) is 8.88. The first-order valence-electron chi connectivity index (χ1n) is 12.0. The molecule has 3 aromatic rings. The average Bonchev–Trinajstić information content (AvgIpc) is 3.58. The number of carboxylic acid groups (broad SMARTS) is 1. The van der Waals surface area contributed by atoms with Crippen LogP contribution in [0.5, 0.6) is 5.75 Å². The van der Waals surface area contributed by atoms with Crippen molar-refractivity contribution >= 4 is 34.8 Å². The van der Waals surface area contributed by atoms with Crippen molar-refractivity contribution in [2.75, 3.05) is 13.7 Å². The lowest BCUT2D eigenvalue weighted by Gasteiger charge is -2.30. The van der Waals surface area contributed by atoms with E-state index in [1.54, 1.807) is 41.8 Å². The smallest absolute Gasteiger partial charge is 0.327 e. The van der Waals surface area contributed by atoms with E-state index in [4.69, 9.17) is 4.74 Å². The number of aliphatic carboxylic acids is 1. The zero-order valence-corrected chi connectivity index (χ0v) is 21.6. The summed E-state index contributed by atoms with van der Waals surface area (Å²) in [5.74, 6) is -2.90. The standard InChI is InChI=1S/C27H27N3O7S/c1-3-14-28-27(34)29-23(16-8-12-19(37-2)13-9-16)22(21(24(29)26(32)33)20-5-4-15-38-20)25(31)17-6-10-18(11-7-17)30(35)36/h4-13,15,21-24H,3,14H2,1-2H3,(H,28,34)(H,32,33). The van der Waals surface area contributed by atoms with E-state index in [-0.39, 0.29) is 11.3 Å². The molecule has 1 aliphatic heterocycles. The van der Waals surface area contributed by atoms with Crippen LogP contribution in [0, 0.1) is 16.0 Å². The highest BCUT2D eigenvalue weighted by atomic mass is 32.1. The maximum absolute atomic E-state index is 14.1. The molecule has 4 unspecified atom stereocenters. The predicted molar refractivity (Wildman–Crippen MR) is 141 cm³/mol. The van der Waals surface area contributed by atoms with Crippen LogP contribution in [0.4, 0.5) is 10.5 Å². The summed E-state index contributed by atoms with van der Waals surface area (Å²) in [6.45, 7) is 2.22. The average molecular weight is 538 g/mol. The Morgan fingerprint density at radius 3 is 2.32 bits per heavy atom. The number of rotatable bonds is 9. The van der Waals surface area contributed by atoms with Gasteiger partial charge in [0.15, 0.2) is 5.78 Å². The number of hydrogen-bond acceptors (Lipinski definition) is 7. The number of nitro benzene ring substituents is 1. The maximum atomic E-state index is 14.1. The molecule has 2 amide bonds. The van der Waals surface area contributed by atoms with Crippen LogP contribution < -0.4 is 10.1 Å². The topological polar surface area (TPSA) is 139 Å². The number of nitrogens with zero attached hydrogens (tertiary/aromatic N) is 2. The summed E-state index contributed by atoms with van der Waals surface area (Å²) in [5, 5.41) is 26.1. The van der Waals surface area contributed by atoms with Gasteiger partial charge in [-0.15, -0.1) is 11.3 Å². The number of Topliss-reactive ketones (excluding diaryl/α,β-unsaturated/α-hetero) is 1. The van der Waals surface area contributed by atoms with Gasteiger partial charge in [0.2, 0.25) is 0 Å². The number of thiophene rings is 1. The molecule has 1 aromatic heterocycles. The summed E-state index contributed by atoms with van der Waals surface area (Å²) < 4.78 is 5.27. The fraction of sp³-hybridized carbons (Fsp3) is 0.296. The minimum Gasteiger partial charge on any atom is -0.497 e. The number of hydrogen-bond donors (Lipinski definition) is 2. The Kier molecular flexibility index (Phi) is 8.06. The SMILES string of the molecule is CCCNC(=O)N1C(C(=O)O)C(c2cccs2)C(C(=O)c2ccc([N+](=O)[O-])cc2)C1c1ccc(OC)cc1. The molecule has 2 N–H and O–H groups in total. The van der Waals surface area contributed by atoms with Crippen LogP contribution in [0.15, 0.2) is 66.0 Å². The molecule has 38 heavy (non-hydrogen) atoms. The van der Waals surface area contributed by atoms with Crippen molar-refractivity contribution < 1.29 is 29.2 Å². The first-order valence-corrected chi connectivity index (χ1v) is 12.9. The Bertz CT molecular complexity index is 1310. The number of urea groups is 1. The number of methoxy groups -OCH3 is 1. The zero-order chi connectivity index (χ0) is 27.4. The monoisotopic (exact) mass is 537 g/mol. The number of carbonyl (C=O) groups is 3. The van der Waals surface area contributed by atoms with Crippen LogP contribution in [0.1, 0.15) is 46.1 Å². The van der Waals surface area contributed by atoms with Crippen LogP contribution in [0.25, 0.3) is 0 Å². The molecule has 4 rings (SSSR count). The van der Waals surface area contributed by atoms with Crippen molar-refractivity contribution in [3.8, 4) is 5.75 Å². The molecule has 1 aliphatic rings. The van der Waals surface area contributed by atoms with E-state index in [0.29, 0.717) is 29.2 Å². The third kappa shape index (κ3) is 5.10. The quantitative estimate of drug-likeness (QED) is 0.225. The van der Waals surface area contributed by atoms with Gasteiger partial charge >= 0.3 is 12.0 Å². The second-order valence-corrected chi connectivity index (χ2v) is 9.85. The van der Waals surface area contributed by atoms with Gasteiger partial charge in [-0.2, -0.15) is 0 Å². The number of carbonyl (C=O) groups excluding carboxylic acids is 2. The van der Waals surface area contributed by atoms with Gasteiger partial charge in [-0.05, 0) is 47.7 Å². The number of benzene rings is 2. The Morgan fingerprint density at radius 1 is 1.11 bits per heavy atom. The van der Waals surface area contributed by atoms with E-state index in [2.05, 4.69) is 5.32 Å². The van der Waals surface area contributed by atoms with Gasteiger partial charge in [-0.25, -0.2) is 9.59 Å². The lowest BCUT2D eigenvalue weighted by Crippen LogP contribution is -2.48. The molecular weight excluding hydrogens is 510 g/mol. The molecule has 0 aliphatic carbocycles. The fourth-order valence-corrected chi connectivity index (χ4v) is 5.89. The van der Waals surface area contributed by atoms with Gasteiger partial charge in [0.05, 0.1) is 24.0 Å². The number of ether oxygens (including phenoxy) is 1. The van der Waals surface area contributed by atoms with Crippen LogP contribution in [-0.2, 0) is 4.79 Å². The van der Waals surface area contributed by atoms with Crippen LogP contribution in [-0.4, -0.2) is 52.4 Å². The molecule has 0 bridgehead atoms. The summed E-state index contributed by atoms with van der Waals surface area (Å²) in [6.07, 6.45) is 0.643. The van der Waals surface area contributed by atoms with Crippen molar-refractivity contribution in [3.05, 3.63) is 92.2 Å². The van der Waals surface area contributed by atoms with Crippen LogP contribution in [0.3, 0.4) is 0 Å². The molecule has 4 atom stereocenters. The molecule has 0 radical (unpaired) electrons. The van der Waals surface area contributed by atoms with Gasteiger partial charge in [-0.3, -0.25) is 14.9 Å². The summed E-state index contributed by atoms with van der Waals surface area (Å²) in [7, 11) is 1.52. The van der Waals surface area contributed by atoms with Gasteiger partial charge in [-0.1, -0.05) is 25.1 Å².